The van der Waals surface area contributed by atoms with Crippen LogP contribution in [0.3, 0.4) is 0 Å². The van der Waals surface area contributed by atoms with E-state index in [1.165, 1.54) is 12.1 Å². The highest BCUT2D eigenvalue weighted by atomic mass is 32.1. The largest absolute Gasteiger partial charge is 0.586 e. The Morgan fingerprint density at radius 2 is 2.05 bits per heavy atom. The van der Waals surface area contributed by atoms with Gasteiger partial charge >= 0.3 is 6.29 Å². The van der Waals surface area contributed by atoms with E-state index in [1.807, 2.05) is 0 Å². The molecule has 2 N–H and O–H groups in total. The van der Waals surface area contributed by atoms with Crippen molar-refractivity contribution in [3.05, 3.63) is 18.2 Å². The number of fused-ring (bicyclic) bond motifs is 1. The van der Waals surface area contributed by atoms with Crippen LogP contribution in [0.15, 0.2) is 18.2 Å². The molecule has 0 fully saturated rings. The van der Waals surface area contributed by atoms with Crippen molar-refractivity contribution in [2.45, 2.75) is 26.1 Å². The van der Waals surface area contributed by atoms with Gasteiger partial charge in [0.05, 0.1) is 0 Å². The van der Waals surface area contributed by atoms with E-state index in [4.69, 9.17) is 12.2 Å². The first-order valence-electron chi connectivity index (χ1n) is 5.95. The number of benzene rings is 1. The van der Waals surface area contributed by atoms with Crippen molar-refractivity contribution in [2.75, 3.05) is 11.9 Å². The molecule has 0 atom stereocenters. The predicted octanol–water partition coefficient (Wildman–Crippen LogP) is 3.09. The number of hydrogen-bond donors (Lipinski definition) is 2. The van der Waals surface area contributed by atoms with Gasteiger partial charge in [-0.2, -0.15) is 0 Å². The van der Waals surface area contributed by atoms with Crippen molar-refractivity contribution in [2.24, 2.45) is 0 Å². The van der Waals surface area contributed by atoms with E-state index in [-0.39, 0.29) is 11.5 Å². The zero-order valence-electron chi connectivity index (χ0n) is 10.3. The van der Waals surface area contributed by atoms with Gasteiger partial charge in [0.15, 0.2) is 16.6 Å². The minimum Gasteiger partial charge on any atom is -0.395 e. The molecule has 1 aliphatic rings. The molecule has 1 heterocycles. The normalized spacial score (nSPS) is 15.1. The molecule has 1 aromatic rings. The number of ether oxygens (including phenoxy) is 2. The van der Waals surface area contributed by atoms with E-state index in [0.29, 0.717) is 10.8 Å². The molecule has 1 aliphatic heterocycles. The van der Waals surface area contributed by atoms with Crippen LogP contribution in [0.4, 0.5) is 14.5 Å². The molecule has 2 rings (SSSR count). The van der Waals surface area contributed by atoms with Crippen LogP contribution in [0.1, 0.15) is 19.8 Å². The lowest BCUT2D eigenvalue weighted by Crippen LogP contribution is -2.29. The molecule has 0 aromatic heterocycles. The molecule has 0 spiro atoms. The van der Waals surface area contributed by atoms with Gasteiger partial charge < -0.3 is 20.1 Å². The molecule has 4 nitrogen and oxygen atoms in total. The predicted molar refractivity (Wildman–Crippen MR) is 71.8 cm³/mol. The first kappa shape index (κ1) is 13.8. The summed E-state index contributed by atoms with van der Waals surface area (Å²) < 4.78 is 34.3. The molecule has 0 saturated carbocycles. The maximum atomic E-state index is 12.8. The highest BCUT2D eigenvalue weighted by Gasteiger charge is 2.43. The molecule has 104 valence electrons. The average molecular weight is 288 g/mol. The second-order valence-corrected chi connectivity index (χ2v) is 4.47. The molecule has 0 unspecified atom stereocenters. The van der Waals surface area contributed by atoms with Gasteiger partial charge in [0, 0.05) is 18.3 Å². The van der Waals surface area contributed by atoms with Gasteiger partial charge in [0.25, 0.3) is 0 Å². The molecule has 7 heteroatoms. The van der Waals surface area contributed by atoms with Crippen LogP contribution in [-0.4, -0.2) is 18.0 Å². The zero-order valence-corrected chi connectivity index (χ0v) is 11.2. The van der Waals surface area contributed by atoms with Crippen LogP contribution in [0, 0.1) is 0 Å². The van der Waals surface area contributed by atoms with Gasteiger partial charge in [-0.1, -0.05) is 13.3 Å². The lowest BCUT2D eigenvalue weighted by molar-refractivity contribution is -0.286. The van der Waals surface area contributed by atoms with Crippen molar-refractivity contribution in [3.63, 3.8) is 0 Å². The molecule has 0 saturated heterocycles. The summed E-state index contributed by atoms with van der Waals surface area (Å²) in [7, 11) is 0. The number of thiocarbonyl (C=S) groups is 1. The quantitative estimate of drug-likeness (QED) is 0.658. The SMILES string of the molecule is CCCCNC(=S)Nc1ccc2c(c1)OC(F)(F)O2. The summed E-state index contributed by atoms with van der Waals surface area (Å²) in [5.41, 5.74) is 0.564. The van der Waals surface area contributed by atoms with Gasteiger partial charge in [0.1, 0.15) is 0 Å². The third kappa shape index (κ3) is 3.66. The Hall–Kier alpha value is -1.63. The fraction of sp³-hybridized carbons (Fsp3) is 0.417. The molecule has 1 aromatic carbocycles. The lowest BCUT2D eigenvalue weighted by Gasteiger charge is -2.10. The maximum absolute atomic E-state index is 12.8. The fourth-order valence-corrected chi connectivity index (χ4v) is 1.80. The average Bonchev–Trinajstić information content (AvgIpc) is 2.62. The van der Waals surface area contributed by atoms with E-state index in [1.54, 1.807) is 6.07 Å². The van der Waals surface area contributed by atoms with Crippen LogP contribution in [0.5, 0.6) is 11.5 Å². The number of unbranched alkanes of at least 4 members (excludes halogenated alkanes) is 1. The Balaban J connectivity index is 1.95. The monoisotopic (exact) mass is 288 g/mol. The highest BCUT2D eigenvalue weighted by Crippen LogP contribution is 2.42. The Morgan fingerprint density at radius 3 is 2.79 bits per heavy atom. The van der Waals surface area contributed by atoms with Crippen molar-refractivity contribution in [1.29, 1.82) is 0 Å². The minimum absolute atomic E-state index is 0.00800. The van der Waals surface area contributed by atoms with Gasteiger partial charge in [-0.25, -0.2) is 0 Å². The molecule has 0 aliphatic carbocycles. The minimum atomic E-state index is -3.60. The van der Waals surface area contributed by atoms with E-state index < -0.39 is 6.29 Å². The second kappa shape index (κ2) is 5.56. The number of rotatable bonds is 4. The summed E-state index contributed by atoms with van der Waals surface area (Å²) >= 11 is 5.08. The zero-order chi connectivity index (χ0) is 13.9. The Kier molecular flexibility index (Phi) is 4.04. The van der Waals surface area contributed by atoms with E-state index in [0.717, 1.165) is 19.4 Å². The number of anilines is 1. The Bertz CT molecular complexity index is 483. The van der Waals surface area contributed by atoms with Crippen molar-refractivity contribution >= 4 is 23.0 Å². The van der Waals surface area contributed by atoms with Crippen molar-refractivity contribution < 1.29 is 18.3 Å². The van der Waals surface area contributed by atoms with Gasteiger partial charge in [0.2, 0.25) is 0 Å². The third-order valence-electron chi connectivity index (χ3n) is 2.48. The molecule has 0 radical (unpaired) electrons. The molecular weight excluding hydrogens is 274 g/mol. The summed E-state index contributed by atoms with van der Waals surface area (Å²) in [5.74, 6) is 0.00627. The molecular formula is C12H14F2N2O2S. The van der Waals surface area contributed by atoms with E-state index in [2.05, 4.69) is 27.0 Å². The highest BCUT2D eigenvalue weighted by molar-refractivity contribution is 7.80. The molecule has 19 heavy (non-hydrogen) atoms. The van der Waals surface area contributed by atoms with Crippen molar-refractivity contribution in [3.8, 4) is 11.5 Å². The summed E-state index contributed by atoms with van der Waals surface area (Å²) in [6, 6.07) is 4.43. The fourth-order valence-electron chi connectivity index (χ4n) is 1.58. The summed E-state index contributed by atoms with van der Waals surface area (Å²) in [6.07, 6.45) is -1.52. The van der Waals surface area contributed by atoms with Gasteiger partial charge in [-0.15, -0.1) is 8.78 Å². The van der Waals surface area contributed by atoms with E-state index >= 15 is 0 Å². The third-order valence-corrected chi connectivity index (χ3v) is 2.72. The number of nitrogens with one attached hydrogen (secondary N) is 2. The van der Waals surface area contributed by atoms with Gasteiger partial charge in [-0.05, 0) is 30.8 Å². The standard InChI is InChI=1S/C12H14F2N2O2S/c1-2-3-6-15-11(19)16-8-4-5-9-10(7-8)18-12(13,14)17-9/h4-5,7H,2-3,6H2,1H3,(H2,15,16,19). The van der Waals surface area contributed by atoms with Crippen LogP contribution in [0.2, 0.25) is 0 Å². The number of halogens is 2. The molecule has 0 bridgehead atoms. The second-order valence-electron chi connectivity index (χ2n) is 4.06. The summed E-state index contributed by atoms with van der Waals surface area (Å²) in [6.45, 7) is 2.85. The lowest BCUT2D eigenvalue weighted by atomic mass is 10.3. The van der Waals surface area contributed by atoms with E-state index in [9.17, 15) is 8.78 Å². The number of hydrogen-bond acceptors (Lipinski definition) is 3. The topological polar surface area (TPSA) is 42.5 Å². The first-order chi connectivity index (χ1) is 9.00. The molecule has 0 amide bonds. The van der Waals surface area contributed by atoms with Crippen LogP contribution < -0.4 is 20.1 Å². The van der Waals surface area contributed by atoms with Gasteiger partial charge in [-0.3, -0.25) is 0 Å². The van der Waals surface area contributed by atoms with Crippen molar-refractivity contribution in [1.82, 2.24) is 5.32 Å². The summed E-state index contributed by atoms with van der Waals surface area (Å²) in [5, 5.41) is 6.36. The van der Waals surface area contributed by atoms with Crippen LogP contribution in [0.25, 0.3) is 0 Å². The smallest absolute Gasteiger partial charge is 0.395 e. The maximum Gasteiger partial charge on any atom is 0.586 e. The summed E-state index contributed by atoms with van der Waals surface area (Å²) in [4.78, 5) is 0. The Morgan fingerprint density at radius 1 is 1.32 bits per heavy atom. The number of alkyl halides is 2. The first-order valence-corrected chi connectivity index (χ1v) is 6.36. The van der Waals surface area contributed by atoms with Crippen LogP contribution >= 0.6 is 12.2 Å². The van der Waals surface area contributed by atoms with Crippen LogP contribution in [-0.2, 0) is 0 Å². The Labute approximate surface area is 115 Å².